The molecule has 8 nitrogen and oxygen atoms in total. The Balaban J connectivity index is 1.66. The van der Waals surface area contributed by atoms with Crippen LogP contribution in [-0.2, 0) is 20.9 Å². The highest BCUT2D eigenvalue weighted by atomic mass is 16.5. The SMILES string of the molecule is CCCOc1ccc(C2=C(Nc3ccc(NC(C)=O)cc3)C(=O)N(Cc3ccco3)C2=O)cc1. The number of nitrogens with zero attached hydrogens (tertiary/aromatic N) is 1. The van der Waals surface area contributed by atoms with E-state index in [0.29, 0.717) is 35.1 Å². The zero-order valence-corrected chi connectivity index (χ0v) is 19.0. The topological polar surface area (TPSA) is 101 Å². The van der Waals surface area contributed by atoms with Crippen LogP contribution in [0.25, 0.3) is 5.57 Å². The van der Waals surface area contributed by atoms with E-state index in [-0.39, 0.29) is 23.7 Å². The molecule has 1 aliphatic rings. The van der Waals surface area contributed by atoms with Crippen molar-refractivity contribution in [3.8, 4) is 5.75 Å². The highest BCUT2D eigenvalue weighted by Gasteiger charge is 2.39. The van der Waals surface area contributed by atoms with Gasteiger partial charge in [0.25, 0.3) is 11.8 Å². The van der Waals surface area contributed by atoms with Gasteiger partial charge in [0.05, 0.1) is 25.0 Å². The van der Waals surface area contributed by atoms with E-state index in [4.69, 9.17) is 9.15 Å². The van der Waals surface area contributed by atoms with Gasteiger partial charge in [0.1, 0.15) is 17.2 Å². The second-order valence-corrected chi connectivity index (χ2v) is 7.78. The molecule has 2 aromatic carbocycles. The molecule has 1 aromatic heterocycles. The van der Waals surface area contributed by atoms with Gasteiger partial charge in [-0.15, -0.1) is 0 Å². The van der Waals surface area contributed by atoms with Crippen molar-refractivity contribution in [3.05, 3.63) is 83.9 Å². The number of amides is 3. The minimum atomic E-state index is -0.450. The number of nitrogens with one attached hydrogen (secondary N) is 2. The molecule has 3 aromatic rings. The molecule has 3 amide bonds. The molecular weight excluding hydrogens is 434 g/mol. The molecule has 0 aliphatic carbocycles. The van der Waals surface area contributed by atoms with Gasteiger partial charge in [0.15, 0.2) is 0 Å². The Kier molecular flexibility index (Phi) is 6.77. The molecule has 2 heterocycles. The van der Waals surface area contributed by atoms with Crippen molar-refractivity contribution in [2.45, 2.75) is 26.8 Å². The molecular formula is C26H25N3O5. The Bertz CT molecular complexity index is 1210. The molecule has 0 saturated carbocycles. The van der Waals surface area contributed by atoms with E-state index in [1.807, 2.05) is 6.92 Å². The molecule has 0 unspecified atom stereocenters. The van der Waals surface area contributed by atoms with E-state index >= 15 is 0 Å². The summed E-state index contributed by atoms with van der Waals surface area (Å²) >= 11 is 0. The first-order chi connectivity index (χ1) is 16.5. The monoisotopic (exact) mass is 459 g/mol. The largest absolute Gasteiger partial charge is 0.494 e. The summed E-state index contributed by atoms with van der Waals surface area (Å²) in [5.41, 5.74) is 2.27. The van der Waals surface area contributed by atoms with Crippen LogP contribution < -0.4 is 15.4 Å². The second kappa shape index (κ2) is 10.1. The highest BCUT2D eigenvalue weighted by Crippen LogP contribution is 2.32. The fourth-order valence-electron chi connectivity index (χ4n) is 3.58. The predicted octanol–water partition coefficient (Wildman–Crippen LogP) is 4.42. The standard InChI is InChI=1S/C26H25N3O5/c1-3-14-33-21-12-6-18(7-13-21)23-24(28-20-10-8-19(9-11-20)27-17(2)30)26(32)29(25(23)31)16-22-5-4-15-34-22/h4-13,15,28H,3,14,16H2,1-2H3,(H,27,30). The van der Waals surface area contributed by atoms with E-state index in [2.05, 4.69) is 10.6 Å². The summed E-state index contributed by atoms with van der Waals surface area (Å²) in [5, 5.41) is 5.80. The van der Waals surface area contributed by atoms with Crippen LogP contribution in [0.15, 0.2) is 77.0 Å². The summed E-state index contributed by atoms with van der Waals surface area (Å²) in [6, 6.07) is 17.4. The van der Waals surface area contributed by atoms with Gasteiger partial charge >= 0.3 is 0 Å². The van der Waals surface area contributed by atoms with Crippen LogP contribution in [0.4, 0.5) is 11.4 Å². The van der Waals surface area contributed by atoms with E-state index in [0.717, 1.165) is 11.3 Å². The lowest BCUT2D eigenvalue weighted by atomic mass is 10.0. The number of hydrogen-bond acceptors (Lipinski definition) is 6. The molecule has 2 N–H and O–H groups in total. The lowest BCUT2D eigenvalue weighted by molar-refractivity contribution is -0.137. The summed E-state index contributed by atoms with van der Waals surface area (Å²) in [7, 11) is 0. The Hall–Kier alpha value is -4.33. The number of anilines is 2. The van der Waals surface area contributed by atoms with Crippen molar-refractivity contribution in [2.75, 3.05) is 17.2 Å². The van der Waals surface area contributed by atoms with Gasteiger partial charge in [-0.3, -0.25) is 19.3 Å². The Morgan fingerprint density at radius 1 is 0.971 bits per heavy atom. The van der Waals surface area contributed by atoms with E-state index < -0.39 is 11.8 Å². The average molecular weight is 460 g/mol. The molecule has 0 saturated heterocycles. The number of furan rings is 1. The van der Waals surface area contributed by atoms with Gasteiger partial charge < -0.3 is 19.8 Å². The zero-order valence-electron chi connectivity index (χ0n) is 19.0. The predicted molar refractivity (Wildman–Crippen MR) is 128 cm³/mol. The lowest BCUT2D eigenvalue weighted by Gasteiger charge is -2.14. The summed E-state index contributed by atoms with van der Waals surface area (Å²) < 4.78 is 11.0. The normalized spacial score (nSPS) is 13.4. The smallest absolute Gasteiger partial charge is 0.278 e. The summed E-state index contributed by atoms with van der Waals surface area (Å²) in [4.78, 5) is 39.1. The molecule has 0 atom stereocenters. The lowest BCUT2D eigenvalue weighted by Crippen LogP contribution is -2.31. The number of ether oxygens (including phenoxy) is 1. The fraction of sp³-hybridized carbons (Fsp3) is 0.192. The van der Waals surface area contributed by atoms with E-state index in [1.165, 1.54) is 13.2 Å². The van der Waals surface area contributed by atoms with Crippen LogP contribution in [-0.4, -0.2) is 29.2 Å². The van der Waals surface area contributed by atoms with Crippen molar-refractivity contribution < 1.29 is 23.5 Å². The molecule has 8 heteroatoms. The molecule has 0 radical (unpaired) electrons. The average Bonchev–Trinajstić information content (AvgIpc) is 3.42. The first-order valence-electron chi connectivity index (χ1n) is 11.0. The van der Waals surface area contributed by atoms with Crippen LogP contribution in [0, 0.1) is 0 Å². The van der Waals surface area contributed by atoms with Crippen LogP contribution in [0.1, 0.15) is 31.6 Å². The molecule has 174 valence electrons. The minimum Gasteiger partial charge on any atom is -0.494 e. The van der Waals surface area contributed by atoms with Crippen LogP contribution >= 0.6 is 0 Å². The zero-order chi connectivity index (χ0) is 24.1. The third kappa shape index (κ3) is 5.01. The van der Waals surface area contributed by atoms with Gasteiger partial charge in [-0.1, -0.05) is 19.1 Å². The van der Waals surface area contributed by atoms with Crippen LogP contribution in [0.5, 0.6) is 5.75 Å². The third-order valence-electron chi connectivity index (χ3n) is 5.15. The molecule has 0 spiro atoms. The Morgan fingerprint density at radius 2 is 1.68 bits per heavy atom. The maximum atomic E-state index is 13.4. The molecule has 0 fully saturated rings. The summed E-state index contributed by atoms with van der Waals surface area (Å²) in [6.07, 6.45) is 2.38. The van der Waals surface area contributed by atoms with Crippen molar-refractivity contribution in [3.63, 3.8) is 0 Å². The Morgan fingerprint density at radius 3 is 2.29 bits per heavy atom. The van der Waals surface area contributed by atoms with E-state index in [9.17, 15) is 14.4 Å². The fourth-order valence-corrected chi connectivity index (χ4v) is 3.58. The molecule has 34 heavy (non-hydrogen) atoms. The number of imide groups is 1. The maximum Gasteiger partial charge on any atom is 0.278 e. The summed E-state index contributed by atoms with van der Waals surface area (Å²) in [6.45, 7) is 4.07. The van der Waals surface area contributed by atoms with Crippen molar-refractivity contribution in [1.29, 1.82) is 0 Å². The number of hydrogen-bond donors (Lipinski definition) is 2. The van der Waals surface area contributed by atoms with E-state index in [1.54, 1.807) is 60.7 Å². The van der Waals surface area contributed by atoms with Crippen molar-refractivity contribution >= 4 is 34.7 Å². The maximum absolute atomic E-state index is 13.4. The quantitative estimate of drug-likeness (QED) is 0.460. The van der Waals surface area contributed by atoms with Crippen LogP contribution in [0.2, 0.25) is 0 Å². The van der Waals surface area contributed by atoms with Crippen LogP contribution in [0.3, 0.4) is 0 Å². The second-order valence-electron chi connectivity index (χ2n) is 7.78. The Labute approximate surface area is 197 Å². The van der Waals surface area contributed by atoms with Crippen molar-refractivity contribution in [1.82, 2.24) is 4.90 Å². The molecule has 4 rings (SSSR count). The van der Waals surface area contributed by atoms with Gasteiger partial charge in [-0.2, -0.15) is 0 Å². The highest BCUT2D eigenvalue weighted by molar-refractivity contribution is 6.36. The van der Waals surface area contributed by atoms with Gasteiger partial charge in [0, 0.05) is 18.3 Å². The number of carbonyl (C=O) groups excluding carboxylic acids is 3. The minimum absolute atomic E-state index is 0.0263. The number of benzene rings is 2. The third-order valence-corrected chi connectivity index (χ3v) is 5.15. The van der Waals surface area contributed by atoms with Gasteiger partial charge in [0.2, 0.25) is 5.91 Å². The first-order valence-corrected chi connectivity index (χ1v) is 11.0. The van der Waals surface area contributed by atoms with Gasteiger partial charge in [-0.25, -0.2) is 0 Å². The molecule has 1 aliphatic heterocycles. The number of carbonyl (C=O) groups is 3. The van der Waals surface area contributed by atoms with Crippen molar-refractivity contribution in [2.24, 2.45) is 0 Å². The summed E-state index contributed by atoms with van der Waals surface area (Å²) in [5.74, 6) is 0.153. The molecule has 0 bridgehead atoms. The van der Waals surface area contributed by atoms with Gasteiger partial charge in [-0.05, 0) is 60.5 Å². The number of rotatable bonds is 9. The first kappa shape index (κ1) is 22.8.